The summed E-state index contributed by atoms with van der Waals surface area (Å²) in [6, 6.07) is 0. The van der Waals surface area contributed by atoms with E-state index in [1.807, 2.05) is 13.8 Å². The zero-order valence-corrected chi connectivity index (χ0v) is 11.6. The highest BCUT2D eigenvalue weighted by atomic mass is 19.3. The first kappa shape index (κ1) is 16.4. The first-order chi connectivity index (χ1) is 8.83. The maximum atomic E-state index is 13.9. The first-order valence-corrected chi connectivity index (χ1v) is 7.02. The molecule has 1 rings (SSSR count). The maximum Gasteiger partial charge on any atom is 0.315 e. The van der Waals surface area contributed by atoms with E-state index < -0.39 is 30.3 Å². The molecule has 0 N–H and O–H groups in total. The van der Waals surface area contributed by atoms with Crippen LogP contribution >= 0.6 is 0 Å². The molecule has 0 amide bonds. The summed E-state index contributed by atoms with van der Waals surface area (Å²) >= 11 is 0. The van der Waals surface area contributed by atoms with Crippen LogP contribution in [0.25, 0.3) is 0 Å². The third-order valence-electron chi connectivity index (χ3n) is 3.51. The van der Waals surface area contributed by atoms with E-state index in [4.69, 9.17) is 0 Å². The summed E-state index contributed by atoms with van der Waals surface area (Å²) in [7, 11) is 0. The number of rotatable bonds is 10. The fraction of sp³-hybridized carbons (Fsp3) is 1.00. The lowest BCUT2D eigenvalue weighted by molar-refractivity contribution is -0.163. The standard InChI is InChI=1S/C13H22F4N2/c1-3-5-7-9-11(14,15)13(18-19-13)12(16,17)10-8-6-4-2/h3-10H2,1-2H3. The summed E-state index contributed by atoms with van der Waals surface area (Å²) < 4.78 is 55.7. The van der Waals surface area contributed by atoms with E-state index in [1.54, 1.807) is 0 Å². The van der Waals surface area contributed by atoms with Gasteiger partial charge >= 0.3 is 17.5 Å². The highest BCUT2D eigenvalue weighted by molar-refractivity contribution is 5.13. The fourth-order valence-electron chi connectivity index (χ4n) is 2.15. The van der Waals surface area contributed by atoms with E-state index in [1.165, 1.54) is 0 Å². The van der Waals surface area contributed by atoms with Crippen LogP contribution in [-0.2, 0) is 0 Å². The van der Waals surface area contributed by atoms with Gasteiger partial charge < -0.3 is 0 Å². The molecular formula is C13H22F4N2. The van der Waals surface area contributed by atoms with E-state index in [2.05, 4.69) is 10.2 Å². The summed E-state index contributed by atoms with van der Waals surface area (Å²) in [6.45, 7) is 3.75. The molecule has 19 heavy (non-hydrogen) atoms. The van der Waals surface area contributed by atoms with Crippen LogP contribution in [0.2, 0.25) is 0 Å². The summed E-state index contributed by atoms with van der Waals surface area (Å²) in [5, 5.41) is 6.12. The molecule has 0 atom stereocenters. The van der Waals surface area contributed by atoms with Crippen molar-refractivity contribution in [3.05, 3.63) is 0 Å². The Hall–Kier alpha value is -0.680. The second kappa shape index (κ2) is 6.18. The molecule has 0 saturated heterocycles. The minimum Gasteiger partial charge on any atom is -0.201 e. The third-order valence-corrected chi connectivity index (χ3v) is 3.51. The summed E-state index contributed by atoms with van der Waals surface area (Å²) in [6.07, 6.45) is 2.05. The number of hydrogen-bond donors (Lipinski definition) is 0. The Kier molecular flexibility index (Phi) is 5.33. The van der Waals surface area contributed by atoms with Crippen LogP contribution in [-0.4, -0.2) is 17.5 Å². The van der Waals surface area contributed by atoms with Crippen molar-refractivity contribution in [2.24, 2.45) is 10.2 Å². The number of unbranched alkanes of at least 4 members (excludes halogenated alkanes) is 4. The molecule has 1 aliphatic rings. The normalized spacial score (nSPS) is 17.8. The van der Waals surface area contributed by atoms with Gasteiger partial charge in [0.25, 0.3) is 0 Å². The van der Waals surface area contributed by atoms with E-state index >= 15 is 0 Å². The predicted octanol–water partition coefficient (Wildman–Crippen LogP) is 5.58. The molecule has 0 bridgehead atoms. The van der Waals surface area contributed by atoms with Crippen LogP contribution < -0.4 is 0 Å². The molecule has 0 spiro atoms. The van der Waals surface area contributed by atoms with Gasteiger partial charge in [-0.3, -0.25) is 0 Å². The summed E-state index contributed by atoms with van der Waals surface area (Å²) in [5.41, 5.74) is -2.78. The zero-order valence-electron chi connectivity index (χ0n) is 11.6. The van der Waals surface area contributed by atoms with Crippen molar-refractivity contribution in [1.82, 2.24) is 0 Å². The number of alkyl halides is 4. The average molecular weight is 282 g/mol. The molecule has 0 aliphatic carbocycles. The van der Waals surface area contributed by atoms with Gasteiger partial charge in [0, 0.05) is 12.8 Å². The quantitative estimate of drug-likeness (QED) is 0.369. The molecular weight excluding hydrogens is 260 g/mol. The molecule has 0 radical (unpaired) electrons. The lowest BCUT2D eigenvalue weighted by atomic mass is 9.90. The number of nitrogens with zero attached hydrogens (tertiary/aromatic N) is 2. The van der Waals surface area contributed by atoms with Gasteiger partial charge in [-0.2, -0.15) is 0 Å². The van der Waals surface area contributed by atoms with E-state index in [-0.39, 0.29) is 12.8 Å². The SMILES string of the molecule is CCCCCC(F)(F)C1(C(F)(F)CCCCC)N=N1. The van der Waals surface area contributed by atoms with Gasteiger partial charge in [-0.25, -0.2) is 17.6 Å². The Labute approximate surface area is 111 Å². The Balaban J connectivity index is 2.62. The van der Waals surface area contributed by atoms with Crippen molar-refractivity contribution in [2.45, 2.75) is 82.7 Å². The molecule has 0 aromatic rings. The summed E-state index contributed by atoms with van der Waals surface area (Å²) in [4.78, 5) is 0. The van der Waals surface area contributed by atoms with E-state index in [9.17, 15) is 17.6 Å². The molecule has 112 valence electrons. The topological polar surface area (TPSA) is 24.7 Å². The van der Waals surface area contributed by atoms with Crippen molar-refractivity contribution >= 4 is 0 Å². The second-order valence-electron chi connectivity index (χ2n) is 5.20. The fourth-order valence-corrected chi connectivity index (χ4v) is 2.15. The Morgan fingerprint density at radius 2 is 1.11 bits per heavy atom. The molecule has 0 unspecified atom stereocenters. The number of hydrogen-bond acceptors (Lipinski definition) is 2. The lowest BCUT2D eigenvalue weighted by Crippen LogP contribution is -2.51. The van der Waals surface area contributed by atoms with Crippen LogP contribution in [0.4, 0.5) is 17.6 Å². The van der Waals surface area contributed by atoms with Gasteiger partial charge in [0.15, 0.2) is 0 Å². The highest BCUT2D eigenvalue weighted by Gasteiger charge is 2.75. The third kappa shape index (κ3) is 3.45. The largest absolute Gasteiger partial charge is 0.315 e. The highest BCUT2D eigenvalue weighted by Crippen LogP contribution is 2.56. The molecule has 0 fully saturated rings. The van der Waals surface area contributed by atoms with Gasteiger partial charge in [0.1, 0.15) is 0 Å². The van der Waals surface area contributed by atoms with Crippen molar-refractivity contribution in [3.63, 3.8) is 0 Å². The minimum absolute atomic E-state index is 0.224. The lowest BCUT2D eigenvalue weighted by Gasteiger charge is -2.29. The monoisotopic (exact) mass is 282 g/mol. The Morgan fingerprint density at radius 1 is 0.737 bits per heavy atom. The second-order valence-corrected chi connectivity index (χ2v) is 5.20. The van der Waals surface area contributed by atoms with Crippen molar-refractivity contribution in [3.8, 4) is 0 Å². The van der Waals surface area contributed by atoms with Crippen LogP contribution in [0.5, 0.6) is 0 Å². The molecule has 0 saturated carbocycles. The van der Waals surface area contributed by atoms with Crippen molar-refractivity contribution in [1.29, 1.82) is 0 Å². The smallest absolute Gasteiger partial charge is 0.201 e. The Bertz CT molecular complexity index is 286. The molecule has 1 aliphatic heterocycles. The minimum atomic E-state index is -3.54. The Morgan fingerprint density at radius 3 is 1.37 bits per heavy atom. The van der Waals surface area contributed by atoms with E-state index in [0.717, 1.165) is 12.8 Å². The molecule has 0 aromatic heterocycles. The van der Waals surface area contributed by atoms with Crippen LogP contribution in [0.3, 0.4) is 0 Å². The molecule has 1 heterocycles. The average Bonchev–Trinajstić information content (AvgIpc) is 3.11. The van der Waals surface area contributed by atoms with Gasteiger partial charge in [-0.1, -0.05) is 39.5 Å². The number of halogens is 4. The summed E-state index contributed by atoms with van der Waals surface area (Å²) in [5.74, 6) is -7.09. The first-order valence-electron chi connectivity index (χ1n) is 7.02. The van der Waals surface area contributed by atoms with Crippen LogP contribution in [0, 0.1) is 0 Å². The van der Waals surface area contributed by atoms with Gasteiger partial charge in [-0.15, -0.1) is 10.2 Å². The zero-order chi connectivity index (χ0) is 14.6. The molecule has 2 nitrogen and oxygen atoms in total. The van der Waals surface area contributed by atoms with Crippen LogP contribution in [0.15, 0.2) is 10.2 Å². The van der Waals surface area contributed by atoms with Gasteiger partial charge in [0.05, 0.1) is 0 Å². The van der Waals surface area contributed by atoms with E-state index in [0.29, 0.717) is 12.8 Å². The van der Waals surface area contributed by atoms with Crippen molar-refractivity contribution < 1.29 is 17.6 Å². The van der Waals surface area contributed by atoms with Gasteiger partial charge in [-0.05, 0) is 12.8 Å². The molecule has 6 heteroatoms. The maximum absolute atomic E-state index is 13.9. The van der Waals surface area contributed by atoms with Gasteiger partial charge in [0.2, 0.25) is 0 Å². The van der Waals surface area contributed by atoms with Crippen molar-refractivity contribution in [2.75, 3.05) is 0 Å². The van der Waals surface area contributed by atoms with Crippen LogP contribution in [0.1, 0.15) is 65.2 Å². The predicted molar refractivity (Wildman–Crippen MR) is 65.8 cm³/mol. The molecule has 0 aromatic carbocycles.